The molecular weight excluding hydrogens is 407 g/mol. The van der Waals surface area contributed by atoms with E-state index in [9.17, 15) is 9.90 Å². The van der Waals surface area contributed by atoms with Gasteiger partial charge in [0.05, 0.1) is 5.39 Å². The Bertz CT molecular complexity index is 1320. The second-order valence-corrected chi connectivity index (χ2v) is 9.09. The topological polar surface area (TPSA) is 92.6 Å². The first-order valence-electron chi connectivity index (χ1n) is 11.0. The number of nitrogen functional groups attached to an aromatic ring is 1. The third-order valence-corrected chi connectivity index (χ3v) is 7.04. The number of pyridine rings is 1. The summed E-state index contributed by atoms with van der Waals surface area (Å²) in [6, 6.07) is 6.62. The molecule has 6 nitrogen and oxygen atoms in total. The van der Waals surface area contributed by atoms with Crippen molar-refractivity contribution in [2.24, 2.45) is 4.99 Å². The van der Waals surface area contributed by atoms with Crippen LogP contribution in [-0.2, 0) is 0 Å². The number of nitrogens with one attached hydrogen (secondary N) is 1. The molecule has 2 fully saturated rings. The minimum absolute atomic E-state index is 0.00715. The van der Waals surface area contributed by atoms with Gasteiger partial charge in [0.15, 0.2) is 0 Å². The van der Waals surface area contributed by atoms with Crippen LogP contribution in [0.4, 0.5) is 10.1 Å². The van der Waals surface area contributed by atoms with Gasteiger partial charge in [-0.1, -0.05) is 0 Å². The molecule has 1 aliphatic carbocycles. The summed E-state index contributed by atoms with van der Waals surface area (Å²) < 4.78 is 17.0. The van der Waals surface area contributed by atoms with Crippen LogP contribution in [-0.4, -0.2) is 35.0 Å². The Hall–Kier alpha value is -3.19. The SMILES string of the molecule is CN=Cc1cc(-c2cc(F)c3c(=O)n(C4CCNC5(CC5)C4)ccc3c2)c(O)c(C)c1N. The molecule has 0 bridgehead atoms. The van der Waals surface area contributed by atoms with E-state index in [2.05, 4.69) is 10.3 Å². The number of phenols is 1. The number of aliphatic imine (C=N–C) groups is 1. The smallest absolute Gasteiger partial charge is 0.261 e. The Morgan fingerprint density at radius 3 is 2.84 bits per heavy atom. The first kappa shape index (κ1) is 20.7. The van der Waals surface area contributed by atoms with Crippen molar-refractivity contribution in [1.29, 1.82) is 0 Å². The summed E-state index contributed by atoms with van der Waals surface area (Å²) >= 11 is 0. The van der Waals surface area contributed by atoms with Crippen LogP contribution in [0, 0.1) is 12.7 Å². The fourth-order valence-electron chi connectivity index (χ4n) is 5.00. The number of nitrogens with zero attached hydrogens (tertiary/aromatic N) is 2. The summed E-state index contributed by atoms with van der Waals surface area (Å²) in [6.45, 7) is 2.58. The van der Waals surface area contributed by atoms with Crippen molar-refractivity contribution >= 4 is 22.7 Å². The molecule has 1 saturated carbocycles. The molecule has 5 rings (SSSR count). The van der Waals surface area contributed by atoms with Crippen molar-refractivity contribution < 1.29 is 9.50 Å². The number of hydrogen-bond donors (Lipinski definition) is 3. The number of aromatic hydroxyl groups is 1. The molecule has 1 unspecified atom stereocenters. The highest BCUT2D eigenvalue weighted by molar-refractivity contribution is 5.95. The van der Waals surface area contributed by atoms with Crippen LogP contribution in [0.5, 0.6) is 5.75 Å². The number of nitrogens with two attached hydrogens (primary N) is 1. The van der Waals surface area contributed by atoms with Gasteiger partial charge in [-0.2, -0.15) is 0 Å². The largest absolute Gasteiger partial charge is 0.507 e. The Labute approximate surface area is 185 Å². The van der Waals surface area contributed by atoms with Crippen molar-refractivity contribution in [2.75, 3.05) is 19.3 Å². The van der Waals surface area contributed by atoms with E-state index in [-0.39, 0.29) is 28.3 Å². The number of fused-ring (bicyclic) bond motifs is 1. The molecule has 1 aliphatic heterocycles. The first-order chi connectivity index (χ1) is 15.3. The molecule has 4 N–H and O–H groups in total. The van der Waals surface area contributed by atoms with Gasteiger partial charge in [0.25, 0.3) is 5.56 Å². The summed E-state index contributed by atoms with van der Waals surface area (Å²) in [4.78, 5) is 17.3. The third-order valence-electron chi connectivity index (χ3n) is 7.04. The van der Waals surface area contributed by atoms with E-state index in [1.54, 1.807) is 49.1 Å². The van der Waals surface area contributed by atoms with Crippen molar-refractivity contribution in [1.82, 2.24) is 9.88 Å². The zero-order chi connectivity index (χ0) is 22.6. The number of rotatable bonds is 3. The quantitative estimate of drug-likeness (QED) is 0.430. The maximum absolute atomic E-state index is 15.3. The minimum Gasteiger partial charge on any atom is -0.507 e. The lowest BCUT2D eigenvalue weighted by Gasteiger charge is -2.31. The maximum atomic E-state index is 15.3. The predicted molar refractivity (Wildman–Crippen MR) is 126 cm³/mol. The molecule has 1 atom stereocenters. The van der Waals surface area contributed by atoms with Crippen LogP contribution < -0.4 is 16.6 Å². The van der Waals surface area contributed by atoms with E-state index in [1.807, 2.05) is 0 Å². The van der Waals surface area contributed by atoms with E-state index in [0.29, 0.717) is 33.3 Å². The minimum atomic E-state index is -0.591. The highest BCUT2D eigenvalue weighted by Gasteiger charge is 2.46. The number of halogens is 1. The molecule has 166 valence electrons. The van der Waals surface area contributed by atoms with Crippen LogP contribution in [0.3, 0.4) is 0 Å². The average Bonchev–Trinajstić information content (AvgIpc) is 3.52. The molecule has 2 heterocycles. The van der Waals surface area contributed by atoms with Gasteiger partial charge in [-0.15, -0.1) is 0 Å². The van der Waals surface area contributed by atoms with Gasteiger partial charge in [-0.25, -0.2) is 4.39 Å². The van der Waals surface area contributed by atoms with E-state index in [1.165, 1.54) is 6.07 Å². The lowest BCUT2D eigenvalue weighted by Crippen LogP contribution is -2.42. The molecule has 2 aliphatic rings. The molecule has 2 aromatic carbocycles. The van der Waals surface area contributed by atoms with E-state index in [0.717, 1.165) is 32.2 Å². The molecular formula is C25H27FN4O2. The molecule has 7 heteroatoms. The van der Waals surface area contributed by atoms with E-state index >= 15 is 4.39 Å². The Balaban J connectivity index is 1.62. The van der Waals surface area contributed by atoms with Gasteiger partial charge in [-0.05, 0) is 74.4 Å². The Morgan fingerprint density at radius 2 is 2.12 bits per heavy atom. The number of benzene rings is 2. The van der Waals surface area contributed by atoms with Gasteiger partial charge in [0.1, 0.15) is 11.6 Å². The number of anilines is 1. The number of hydrogen-bond acceptors (Lipinski definition) is 5. The van der Waals surface area contributed by atoms with Crippen molar-refractivity contribution in [3.8, 4) is 16.9 Å². The maximum Gasteiger partial charge on any atom is 0.261 e. The molecule has 0 radical (unpaired) electrons. The van der Waals surface area contributed by atoms with Gasteiger partial charge >= 0.3 is 0 Å². The molecule has 1 saturated heterocycles. The molecule has 3 aromatic rings. The summed E-state index contributed by atoms with van der Waals surface area (Å²) in [6.07, 6.45) is 7.42. The van der Waals surface area contributed by atoms with Crippen LogP contribution in [0.1, 0.15) is 42.9 Å². The van der Waals surface area contributed by atoms with Crippen LogP contribution in [0.25, 0.3) is 21.9 Å². The van der Waals surface area contributed by atoms with Gasteiger partial charge < -0.3 is 20.7 Å². The first-order valence-corrected chi connectivity index (χ1v) is 11.0. The number of piperidine rings is 1. The molecule has 1 spiro atoms. The van der Waals surface area contributed by atoms with Gasteiger partial charge in [0.2, 0.25) is 0 Å². The van der Waals surface area contributed by atoms with Crippen molar-refractivity contribution in [3.05, 3.63) is 57.8 Å². The fraction of sp³-hybridized carbons (Fsp3) is 0.360. The van der Waals surface area contributed by atoms with E-state index in [4.69, 9.17) is 5.73 Å². The van der Waals surface area contributed by atoms with Crippen LogP contribution in [0.15, 0.2) is 40.2 Å². The monoisotopic (exact) mass is 434 g/mol. The standard InChI is InChI=1S/C25H27FN4O2/c1-14-22(27)17(13-28-2)10-19(23(14)31)16-9-15-4-8-30(24(32)21(15)20(26)11-16)18-3-7-29-25(12-18)5-6-25/h4,8-11,13,18,29,31H,3,5-7,12,27H2,1-2H3. The van der Waals surface area contributed by atoms with Gasteiger partial charge in [-0.3, -0.25) is 9.79 Å². The number of phenolic OH excluding ortho intramolecular Hbond substituents is 1. The van der Waals surface area contributed by atoms with Crippen molar-refractivity contribution in [2.45, 2.75) is 44.2 Å². The van der Waals surface area contributed by atoms with E-state index < -0.39 is 5.82 Å². The normalized spacial score (nSPS) is 19.8. The van der Waals surface area contributed by atoms with Crippen LogP contribution >= 0.6 is 0 Å². The van der Waals surface area contributed by atoms with Gasteiger partial charge in [0, 0.05) is 53.4 Å². The summed E-state index contributed by atoms with van der Waals surface area (Å²) in [5.41, 5.74) is 8.48. The lowest BCUT2D eigenvalue weighted by atomic mass is 9.94. The highest BCUT2D eigenvalue weighted by Crippen LogP contribution is 2.45. The molecule has 0 amide bonds. The summed E-state index contributed by atoms with van der Waals surface area (Å²) in [5, 5.41) is 14.8. The summed E-state index contributed by atoms with van der Waals surface area (Å²) in [7, 11) is 1.63. The zero-order valence-electron chi connectivity index (χ0n) is 18.3. The fourth-order valence-corrected chi connectivity index (χ4v) is 5.00. The second kappa shape index (κ2) is 7.45. The van der Waals surface area contributed by atoms with Crippen LogP contribution in [0.2, 0.25) is 0 Å². The zero-order valence-corrected chi connectivity index (χ0v) is 18.3. The molecule has 1 aromatic heterocycles. The number of aromatic nitrogens is 1. The third kappa shape index (κ3) is 3.28. The predicted octanol–water partition coefficient (Wildman–Crippen LogP) is 3.91. The lowest BCUT2D eigenvalue weighted by molar-refractivity contribution is 0.282. The Kier molecular flexibility index (Phi) is 4.82. The average molecular weight is 435 g/mol. The summed E-state index contributed by atoms with van der Waals surface area (Å²) in [5.74, 6) is -0.598. The Morgan fingerprint density at radius 1 is 1.34 bits per heavy atom. The van der Waals surface area contributed by atoms with Crippen molar-refractivity contribution in [3.63, 3.8) is 0 Å². The molecule has 32 heavy (non-hydrogen) atoms. The second-order valence-electron chi connectivity index (χ2n) is 9.09. The highest BCUT2D eigenvalue weighted by atomic mass is 19.1.